The fraction of sp³-hybridized carbons (Fsp3) is 0.267. The van der Waals surface area contributed by atoms with E-state index in [9.17, 15) is 19.7 Å². The monoisotopic (exact) mass is 524 g/mol. The number of nitro benzene ring substituents is 1. The lowest BCUT2D eigenvalue weighted by Gasteiger charge is -2.34. The topological polar surface area (TPSA) is 118 Å². The van der Waals surface area contributed by atoms with E-state index in [-0.39, 0.29) is 30.2 Å². The van der Waals surface area contributed by atoms with Gasteiger partial charge in [0.25, 0.3) is 5.69 Å². The highest BCUT2D eigenvalue weighted by atomic mass is 16.6. The Bertz CT molecular complexity index is 1530. The maximum absolute atomic E-state index is 13.9. The van der Waals surface area contributed by atoms with Crippen LogP contribution in [0.5, 0.6) is 0 Å². The number of para-hydroxylation sites is 1. The van der Waals surface area contributed by atoms with E-state index in [1.54, 1.807) is 17.0 Å². The molecule has 0 unspecified atom stereocenters. The number of H-pyrrole nitrogens is 1. The number of nitro groups is 1. The zero-order valence-corrected chi connectivity index (χ0v) is 21.2. The molecule has 1 aromatic heterocycles. The predicted octanol–water partition coefficient (Wildman–Crippen LogP) is 4.41. The summed E-state index contributed by atoms with van der Waals surface area (Å²) in [5, 5.41) is 15.7. The second-order valence-corrected chi connectivity index (χ2v) is 10.1. The van der Waals surface area contributed by atoms with Crippen LogP contribution in [0.1, 0.15) is 41.3 Å². The zero-order valence-electron chi connectivity index (χ0n) is 21.2. The summed E-state index contributed by atoms with van der Waals surface area (Å²) in [6.07, 6.45) is 1.76. The van der Waals surface area contributed by atoms with Gasteiger partial charge < -0.3 is 14.6 Å². The molecule has 4 aromatic rings. The first-order chi connectivity index (χ1) is 19.0. The molecule has 2 N–H and O–H groups in total. The summed E-state index contributed by atoms with van der Waals surface area (Å²) in [6, 6.07) is 22.3. The molecule has 0 saturated carbocycles. The van der Waals surface area contributed by atoms with Gasteiger partial charge >= 0.3 is 5.97 Å². The van der Waals surface area contributed by atoms with Crippen LogP contribution < -0.4 is 5.32 Å². The molecule has 3 heterocycles. The molecular weight excluding hydrogens is 496 g/mol. The van der Waals surface area contributed by atoms with Crippen molar-refractivity contribution in [1.82, 2.24) is 15.2 Å². The van der Waals surface area contributed by atoms with E-state index in [1.165, 1.54) is 12.1 Å². The summed E-state index contributed by atoms with van der Waals surface area (Å²) in [5.74, 6) is -0.530. The van der Waals surface area contributed by atoms with Gasteiger partial charge in [-0.3, -0.25) is 20.2 Å². The number of esters is 1. The van der Waals surface area contributed by atoms with Crippen LogP contribution >= 0.6 is 0 Å². The first-order valence-electron chi connectivity index (χ1n) is 13.1. The third-order valence-electron chi connectivity index (χ3n) is 7.68. The van der Waals surface area contributed by atoms with E-state index in [0.717, 1.165) is 39.7 Å². The van der Waals surface area contributed by atoms with Gasteiger partial charge in [-0.1, -0.05) is 60.7 Å². The fourth-order valence-corrected chi connectivity index (χ4v) is 5.75. The molecule has 198 valence electrons. The zero-order chi connectivity index (χ0) is 26.9. The van der Waals surface area contributed by atoms with E-state index in [4.69, 9.17) is 4.74 Å². The van der Waals surface area contributed by atoms with Gasteiger partial charge in [-0.15, -0.1) is 0 Å². The normalized spacial score (nSPS) is 20.5. The van der Waals surface area contributed by atoms with Gasteiger partial charge in [0.15, 0.2) is 0 Å². The number of non-ortho nitro benzene ring substituents is 1. The van der Waals surface area contributed by atoms with Crippen LogP contribution in [0.4, 0.5) is 5.69 Å². The summed E-state index contributed by atoms with van der Waals surface area (Å²) in [4.78, 5) is 42.9. The van der Waals surface area contributed by atoms with Crippen molar-refractivity contribution in [3.63, 3.8) is 0 Å². The lowest BCUT2D eigenvalue weighted by molar-refractivity contribution is -0.384. The maximum Gasteiger partial charge on any atom is 0.329 e. The third kappa shape index (κ3) is 4.77. The maximum atomic E-state index is 13.9. The SMILES string of the molecule is O=C(OCc1ccccc1)[C@@H]1CCCN1C(=O)[C@@H]1Cc2c([nH]c3ccccc23)[C@@H](c2ccc([N+](=O)[O-])cc2)N1. The molecule has 9 nitrogen and oxygen atoms in total. The number of benzene rings is 3. The molecule has 3 aromatic carbocycles. The van der Waals surface area contributed by atoms with Gasteiger partial charge in [-0.05, 0) is 42.0 Å². The number of aromatic nitrogens is 1. The molecule has 39 heavy (non-hydrogen) atoms. The molecule has 2 aliphatic rings. The first kappa shape index (κ1) is 24.8. The Morgan fingerprint density at radius 2 is 1.74 bits per heavy atom. The Morgan fingerprint density at radius 3 is 2.51 bits per heavy atom. The highest BCUT2D eigenvalue weighted by Gasteiger charge is 2.41. The van der Waals surface area contributed by atoms with Crippen LogP contribution in [0.3, 0.4) is 0 Å². The predicted molar refractivity (Wildman–Crippen MR) is 145 cm³/mol. The van der Waals surface area contributed by atoms with Gasteiger partial charge in [-0.2, -0.15) is 0 Å². The molecule has 1 fully saturated rings. The second kappa shape index (κ2) is 10.3. The summed E-state index contributed by atoms with van der Waals surface area (Å²) in [7, 11) is 0. The van der Waals surface area contributed by atoms with Crippen molar-refractivity contribution < 1.29 is 19.2 Å². The summed E-state index contributed by atoms with van der Waals surface area (Å²) in [6.45, 7) is 0.659. The minimum absolute atomic E-state index is 0.00739. The summed E-state index contributed by atoms with van der Waals surface area (Å²) < 4.78 is 5.59. The summed E-state index contributed by atoms with van der Waals surface area (Å²) in [5.41, 5.74) is 4.66. The van der Waals surface area contributed by atoms with Gasteiger partial charge in [-0.25, -0.2) is 4.79 Å². The van der Waals surface area contributed by atoms with Crippen LogP contribution in [0.25, 0.3) is 10.9 Å². The Hall–Kier alpha value is -4.50. The van der Waals surface area contributed by atoms with Crippen molar-refractivity contribution in [2.24, 2.45) is 0 Å². The Kier molecular flexibility index (Phi) is 6.58. The molecule has 0 spiro atoms. The average Bonchev–Trinajstić information content (AvgIpc) is 3.61. The Labute approximate surface area is 224 Å². The average molecular weight is 525 g/mol. The number of nitrogens with zero attached hydrogens (tertiary/aromatic N) is 2. The van der Waals surface area contributed by atoms with E-state index < -0.39 is 17.0 Å². The number of carbonyl (C=O) groups is 2. The van der Waals surface area contributed by atoms with Crippen LogP contribution in [0, 0.1) is 10.1 Å². The van der Waals surface area contributed by atoms with Crippen LogP contribution in [0.15, 0.2) is 78.9 Å². The highest BCUT2D eigenvalue weighted by Crippen LogP contribution is 2.36. The van der Waals surface area contributed by atoms with Crippen LogP contribution in [-0.4, -0.2) is 45.3 Å². The second-order valence-electron chi connectivity index (χ2n) is 10.1. The molecule has 2 aliphatic heterocycles. The van der Waals surface area contributed by atoms with Crippen molar-refractivity contribution in [1.29, 1.82) is 0 Å². The number of nitrogens with one attached hydrogen (secondary N) is 2. The summed E-state index contributed by atoms with van der Waals surface area (Å²) >= 11 is 0. The molecule has 6 rings (SSSR count). The number of hydrogen-bond acceptors (Lipinski definition) is 6. The molecule has 0 aliphatic carbocycles. The Balaban J connectivity index is 1.27. The third-order valence-corrected chi connectivity index (χ3v) is 7.68. The molecular formula is C30H28N4O5. The lowest BCUT2D eigenvalue weighted by Crippen LogP contribution is -2.53. The van der Waals surface area contributed by atoms with E-state index in [0.29, 0.717) is 19.4 Å². The van der Waals surface area contributed by atoms with Crippen molar-refractivity contribution in [3.8, 4) is 0 Å². The van der Waals surface area contributed by atoms with Crippen molar-refractivity contribution in [3.05, 3.63) is 111 Å². The van der Waals surface area contributed by atoms with Crippen molar-refractivity contribution >= 4 is 28.5 Å². The van der Waals surface area contributed by atoms with Crippen LogP contribution in [-0.2, 0) is 27.4 Å². The number of hydrogen-bond donors (Lipinski definition) is 2. The fourth-order valence-electron chi connectivity index (χ4n) is 5.75. The number of rotatable bonds is 6. The number of aromatic amines is 1. The molecule has 9 heteroatoms. The Morgan fingerprint density at radius 1 is 1.00 bits per heavy atom. The number of likely N-dealkylation sites (tertiary alicyclic amines) is 1. The minimum atomic E-state index is -0.620. The lowest BCUT2D eigenvalue weighted by atomic mass is 9.89. The number of carbonyl (C=O) groups excluding carboxylic acids is 2. The van der Waals surface area contributed by atoms with Gasteiger partial charge in [0, 0.05) is 35.3 Å². The molecule has 0 radical (unpaired) electrons. The highest BCUT2D eigenvalue weighted by molar-refractivity contribution is 5.91. The number of fused-ring (bicyclic) bond motifs is 3. The molecule has 1 amide bonds. The van der Waals surface area contributed by atoms with Crippen molar-refractivity contribution in [2.45, 2.75) is 44.0 Å². The number of ether oxygens (including phenoxy) is 1. The van der Waals surface area contributed by atoms with Crippen molar-refractivity contribution in [2.75, 3.05) is 6.54 Å². The standard InChI is InChI=1S/C30H28N4O5/c35-29(33-16-6-11-26(33)30(36)39-18-19-7-2-1-3-8-19)25-17-23-22-9-4-5-10-24(22)31-28(23)27(32-25)20-12-14-21(15-13-20)34(37)38/h1-5,7-10,12-15,25-27,31-32H,6,11,16-18H2/t25-,26-,27+/m0/s1. The quantitative estimate of drug-likeness (QED) is 0.219. The van der Waals surface area contributed by atoms with Crippen LogP contribution in [0.2, 0.25) is 0 Å². The minimum Gasteiger partial charge on any atom is -0.459 e. The molecule has 0 bridgehead atoms. The van der Waals surface area contributed by atoms with Gasteiger partial charge in [0.05, 0.1) is 17.0 Å². The molecule has 3 atom stereocenters. The first-order valence-corrected chi connectivity index (χ1v) is 13.1. The smallest absolute Gasteiger partial charge is 0.329 e. The largest absolute Gasteiger partial charge is 0.459 e. The van der Waals surface area contributed by atoms with Gasteiger partial charge in [0.2, 0.25) is 5.91 Å². The van der Waals surface area contributed by atoms with E-state index >= 15 is 0 Å². The number of amides is 1. The van der Waals surface area contributed by atoms with Gasteiger partial charge in [0.1, 0.15) is 12.6 Å². The molecule has 1 saturated heterocycles. The van der Waals surface area contributed by atoms with E-state index in [1.807, 2.05) is 54.6 Å². The van der Waals surface area contributed by atoms with E-state index in [2.05, 4.69) is 10.3 Å².